The maximum atomic E-state index is 10.6. The van der Waals surface area contributed by atoms with Crippen molar-refractivity contribution in [2.24, 2.45) is 0 Å². The molecule has 1 N–H and O–H groups in total. The molecule has 1 heterocycles. The molecule has 3 heteroatoms. The first-order valence-electron chi connectivity index (χ1n) is 3.28. The van der Waals surface area contributed by atoms with Gasteiger partial charge in [0.05, 0.1) is 5.57 Å². The summed E-state index contributed by atoms with van der Waals surface area (Å²) in [6.45, 7) is 0. The number of fused-ring (bicyclic) bond motifs is 1. The van der Waals surface area contributed by atoms with Gasteiger partial charge in [-0.3, -0.25) is 0 Å². The van der Waals surface area contributed by atoms with Crippen molar-refractivity contribution in [3.05, 3.63) is 34.3 Å². The Kier molecular flexibility index (Phi) is 1.39. The average molecular weight is 166 g/mol. The number of hydrogen-bond donors (Lipinski definition) is 1. The van der Waals surface area contributed by atoms with Crippen molar-refractivity contribution < 1.29 is 9.90 Å². The Balaban J connectivity index is 2.48. The van der Waals surface area contributed by atoms with Gasteiger partial charge in [0.1, 0.15) is 0 Å². The lowest BCUT2D eigenvalue weighted by molar-refractivity contribution is -0.132. The lowest BCUT2D eigenvalue weighted by Gasteiger charge is -1.95. The lowest BCUT2D eigenvalue weighted by atomic mass is 10.2. The van der Waals surface area contributed by atoms with Crippen LogP contribution in [0.25, 0.3) is 0 Å². The first-order valence-corrected chi connectivity index (χ1v) is 4.26. The highest BCUT2D eigenvalue weighted by Gasteiger charge is 2.22. The zero-order valence-corrected chi connectivity index (χ0v) is 6.52. The van der Waals surface area contributed by atoms with Crippen LogP contribution in [0.5, 0.6) is 0 Å². The molecule has 0 aromatic heterocycles. The van der Waals surface area contributed by atoms with Crippen LogP contribution in [0.3, 0.4) is 0 Å². The van der Waals surface area contributed by atoms with Crippen LogP contribution in [-0.4, -0.2) is 16.8 Å². The van der Waals surface area contributed by atoms with Gasteiger partial charge in [-0.15, -0.1) is 11.8 Å². The van der Waals surface area contributed by atoms with E-state index in [2.05, 4.69) is 0 Å². The molecule has 2 aliphatic rings. The fraction of sp³-hybridized carbons (Fsp3) is 0.125. The van der Waals surface area contributed by atoms with Gasteiger partial charge in [-0.05, 0) is 11.6 Å². The highest BCUT2D eigenvalue weighted by Crippen LogP contribution is 2.39. The molecule has 0 amide bonds. The Morgan fingerprint density at radius 1 is 1.55 bits per heavy atom. The summed E-state index contributed by atoms with van der Waals surface area (Å²) in [6, 6.07) is 0. The summed E-state index contributed by atoms with van der Waals surface area (Å²) < 4.78 is 0. The standard InChI is InChI=1S/C8H6O2S/c9-8(10)6-2-1-5-3-4-11-7(5)6/h1-3H,4H2,(H,9,10). The van der Waals surface area contributed by atoms with E-state index in [0.717, 1.165) is 16.2 Å². The Hall–Kier alpha value is -0.960. The monoisotopic (exact) mass is 166 g/mol. The van der Waals surface area contributed by atoms with E-state index in [0.29, 0.717) is 5.57 Å². The number of hydrogen-bond acceptors (Lipinski definition) is 2. The first kappa shape index (κ1) is 6.73. The van der Waals surface area contributed by atoms with Crippen LogP contribution in [0, 0.1) is 0 Å². The molecule has 2 nitrogen and oxygen atoms in total. The highest BCUT2D eigenvalue weighted by atomic mass is 32.2. The Morgan fingerprint density at radius 3 is 3.09 bits per heavy atom. The van der Waals surface area contributed by atoms with E-state index in [1.165, 1.54) is 0 Å². The molecule has 0 aromatic carbocycles. The molecule has 0 radical (unpaired) electrons. The fourth-order valence-corrected chi connectivity index (χ4v) is 2.24. The molecule has 0 fully saturated rings. The third-order valence-electron chi connectivity index (χ3n) is 1.70. The van der Waals surface area contributed by atoms with E-state index in [1.807, 2.05) is 12.2 Å². The third-order valence-corrected chi connectivity index (χ3v) is 2.78. The zero-order valence-electron chi connectivity index (χ0n) is 5.70. The van der Waals surface area contributed by atoms with E-state index < -0.39 is 5.97 Å². The minimum Gasteiger partial charge on any atom is -0.478 e. The summed E-state index contributed by atoms with van der Waals surface area (Å²) in [6.07, 6.45) is 5.57. The molecule has 0 saturated heterocycles. The molecule has 1 aliphatic carbocycles. The summed E-state index contributed by atoms with van der Waals surface area (Å²) >= 11 is 1.59. The maximum Gasteiger partial charge on any atom is 0.336 e. The Bertz CT molecular complexity index is 310. The van der Waals surface area contributed by atoms with E-state index in [-0.39, 0.29) is 0 Å². The Labute approximate surface area is 68.3 Å². The minimum atomic E-state index is -0.825. The number of aliphatic carboxylic acids is 1. The van der Waals surface area contributed by atoms with Crippen LogP contribution in [0.4, 0.5) is 0 Å². The predicted octanol–water partition coefficient (Wildman–Crippen LogP) is 1.57. The summed E-state index contributed by atoms with van der Waals surface area (Å²) in [7, 11) is 0. The molecule has 2 rings (SSSR count). The van der Waals surface area contributed by atoms with Gasteiger partial charge in [0.2, 0.25) is 0 Å². The third kappa shape index (κ3) is 0.922. The average Bonchev–Trinajstić information content (AvgIpc) is 2.41. The predicted molar refractivity (Wildman–Crippen MR) is 44.3 cm³/mol. The molecule has 1 aliphatic heterocycles. The van der Waals surface area contributed by atoms with Crippen LogP contribution in [0.2, 0.25) is 0 Å². The molecular weight excluding hydrogens is 160 g/mol. The van der Waals surface area contributed by atoms with Gasteiger partial charge < -0.3 is 5.11 Å². The molecule has 0 unspecified atom stereocenters. The van der Waals surface area contributed by atoms with Gasteiger partial charge in [-0.2, -0.15) is 0 Å². The second kappa shape index (κ2) is 2.27. The topological polar surface area (TPSA) is 37.3 Å². The van der Waals surface area contributed by atoms with Gasteiger partial charge in [0.25, 0.3) is 0 Å². The summed E-state index contributed by atoms with van der Waals surface area (Å²) in [5, 5.41) is 8.71. The van der Waals surface area contributed by atoms with Gasteiger partial charge in [-0.1, -0.05) is 12.2 Å². The van der Waals surface area contributed by atoms with Crippen LogP contribution in [0.15, 0.2) is 34.3 Å². The number of carboxylic acid groups (broad SMARTS) is 1. The molecule has 0 atom stereocenters. The number of rotatable bonds is 1. The van der Waals surface area contributed by atoms with Gasteiger partial charge in [-0.25, -0.2) is 4.79 Å². The molecular formula is C8H6O2S. The summed E-state index contributed by atoms with van der Waals surface area (Å²) in [5.74, 6) is 0.0836. The molecule has 56 valence electrons. The SMILES string of the molecule is O=C(O)C1=C2SCC=C2C=C1. The van der Waals surface area contributed by atoms with E-state index in [4.69, 9.17) is 5.11 Å². The van der Waals surface area contributed by atoms with Crippen LogP contribution in [0.1, 0.15) is 0 Å². The lowest BCUT2D eigenvalue weighted by Crippen LogP contribution is -1.97. The van der Waals surface area contributed by atoms with E-state index in [1.54, 1.807) is 17.8 Å². The van der Waals surface area contributed by atoms with Crippen molar-refractivity contribution in [3.8, 4) is 0 Å². The largest absolute Gasteiger partial charge is 0.478 e. The second-order valence-electron chi connectivity index (χ2n) is 2.35. The van der Waals surface area contributed by atoms with Crippen molar-refractivity contribution in [3.63, 3.8) is 0 Å². The number of thioether (sulfide) groups is 1. The number of carbonyl (C=O) groups is 1. The Morgan fingerprint density at radius 2 is 2.36 bits per heavy atom. The van der Waals surface area contributed by atoms with Crippen LogP contribution in [-0.2, 0) is 4.79 Å². The normalized spacial score (nSPS) is 20.5. The molecule has 0 aromatic rings. The van der Waals surface area contributed by atoms with Crippen molar-refractivity contribution in [2.45, 2.75) is 0 Å². The van der Waals surface area contributed by atoms with Gasteiger partial charge in [0.15, 0.2) is 0 Å². The molecule has 11 heavy (non-hydrogen) atoms. The fourth-order valence-electron chi connectivity index (χ4n) is 1.19. The van der Waals surface area contributed by atoms with Crippen LogP contribution < -0.4 is 0 Å². The quantitative estimate of drug-likeness (QED) is 0.642. The van der Waals surface area contributed by atoms with Gasteiger partial charge in [0, 0.05) is 10.7 Å². The van der Waals surface area contributed by atoms with Crippen molar-refractivity contribution in [1.82, 2.24) is 0 Å². The molecule has 0 saturated carbocycles. The maximum absolute atomic E-state index is 10.6. The summed E-state index contributed by atoms with van der Waals surface area (Å²) in [4.78, 5) is 11.5. The van der Waals surface area contributed by atoms with E-state index >= 15 is 0 Å². The first-order chi connectivity index (χ1) is 5.29. The molecule has 0 spiro atoms. The smallest absolute Gasteiger partial charge is 0.336 e. The van der Waals surface area contributed by atoms with Crippen molar-refractivity contribution >= 4 is 17.7 Å². The van der Waals surface area contributed by atoms with Crippen molar-refractivity contribution in [1.29, 1.82) is 0 Å². The second-order valence-corrected chi connectivity index (χ2v) is 3.38. The number of allylic oxidation sites excluding steroid dienone is 2. The zero-order chi connectivity index (χ0) is 7.84. The minimum absolute atomic E-state index is 0.443. The van der Waals surface area contributed by atoms with Crippen LogP contribution >= 0.6 is 11.8 Å². The van der Waals surface area contributed by atoms with Gasteiger partial charge >= 0.3 is 5.97 Å². The number of carboxylic acids is 1. The highest BCUT2D eigenvalue weighted by molar-refractivity contribution is 8.03. The van der Waals surface area contributed by atoms with E-state index in [9.17, 15) is 4.79 Å². The summed E-state index contributed by atoms with van der Waals surface area (Å²) in [5.41, 5.74) is 1.52. The molecule has 0 bridgehead atoms. The van der Waals surface area contributed by atoms with Crippen molar-refractivity contribution in [2.75, 3.05) is 5.75 Å².